The normalized spacial score (nSPS) is 14.5. The minimum absolute atomic E-state index is 0.0584. The molecule has 1 saturated heterocycles. The summed E-state index contributed by atoms with van der Waals surface area (Å²) < 4.78 is 1.64. The van der Waals surface area contributed by atoms with Crippen molar-refractivity contribution >= 4 is 39.9 Å². The zero-order valence-electron chi connectivity index (χ0n) is 15.4. The van der Waals surface area contributed by atoms with Gasteiger partial charge in [-0.1, -0.05) is 12.1 Å². The molecule has 0 unspecified atom stereocenters. The fourth-order valence-corrected chi connectivity index (χ4v) is 3.46. The summed E-state index contributed by atoms with van der Waals surface area (Å²) in [5.41, 5.74) is 3.45. The van der Waals surface area contributed by atoms with Gasteiger partial charge in [-0.3, -0.25) is 9.59 Å². The van der Waals surface area contributed by atoms with Crippen LogP contribution in [0.1, 0.15) is 23.2 Å². The molecule has 2 aromatic carbocycles. The van der Waals surface area contributed by atoms with Crippen LogP contribution in [0, 0.1) is 0 Å². The molecule has 5 rings (SSSR count). The number of anilines is 2. The second-order valence-electron chi connectivity index (χ2n) is 6.90. The maximum Gasteiger partial charge on any atom is 0.253 e. The fourth-order valence-electron chi connectivity index (χ4n) is 3.46. The number of carbonyl (C=O) groups excluding carboxylic acids is 2. The van der Waals surface area contributed by atoms with Crippen molar-refractivity contribution in [2.45, 2.75) is 12.8 Å². The molecule has 1 aliphatic heterocycles. The molecule has 9 heteroatoms. The monoisotopic (exact) mass is 387 g/mol. The molecular formula is C20H17N7O2. The van der Waals surface area contributed by atoms with Gasteiger partial charge in [0.25, 0.3) is 5.91 Å². The van der Waals surface area contributed by atoms with Crippen molar-refractivity contribution in [3.05, 3.63) is 54.1 Å². The molecule has 1 aliphatic rings. The number of amides is 1. The summed E-state index contributed by atoms with van der Waals surface area (Å²) >= 11 is 0. The first-order valence-corrected chi connectivity index (χ1v) is 9.34. The number of nitrogens with zero attached hydrogens (tertiary/aromatic N) is 6. The smallest absolute Gasteiger partial charge is 0.253 e. The number of para-hydroxylation sites is 2. The fraction of sp³-hybridized carbons (Fsp3) is 0.200. The van der Waals surface area contributed by atoms with E-state index in [0.29, 0.717) is 43.0 Å². The van der Waals surface area contributed by atoms with Gasteiger partial charge >= 0.3 is 0 Å². The Kier molecular flexibility index (Phi) is 4.12. The Bertz CT molecular complexity index is 1220. The number of benzene rings is 2. The Morgan fingerprint density at radius 2 is 1.76 bits per heavy atom. The highest BCUT2D eigenvalue weighted by Crippen LogP contribution is 2.23. The van der Waals surface area contributed by atoms with Crippen LogP contribution in [0.25, 0.3) is 16.7 Å². The van der Waals surface area contributed by atoms with E-state index in [0.717, 1.165) is 16.7 Å². The summed E-state index contributed by atoms with van der Waals surface area (Å²) in [5, 5.41) is 15.1. The average molecular weight is 387 g/mol. The molecule has 0 atom stereocenters. The van der Waals surface area contributed by atoms with Crippen LogP contribution in [0.5, 0.6) is 0 Å². The van der Waals surface area contributed by atoms with E-state index in [1.165, 1.54) is 0 Å². The molecule has 0 aliphatic carbocycles. The van der Waals surface area contributed by atoms with Crippen LogP contribution in [0.3, 0.4) is 0 Å². The van der Waals surface area contributed by atoms with Crippen LogP contribution in [-0.2, 0) is 4.79 Å². The molecule has 0 radical (unpaired) electrons. The number of tetrazole rings is 1. The van der Waals surface area contributed by atoms with Crippen molar-refractivity contribution in [3.8, 4) is 0 Å². The molecule has 144 valence electrons. The Hall–Kier alpha value is -3.88. The molecule has 2 aromatic heterocycles. The van der Waals surface area contributed by atoms with E-state index >= 15 is 0 Å². The van der Waals surface area contributed by atoms with Gasteiger partial charge in [-0.05, 0) is 46.8 Å². The molecule has 4 aromatic rings. The summed E-state index contributed by atoms with van der Waals surface area (Å²) in [6, 6.07) is 14.8. The van der Waals surface area contributed by atoms with E-state index in [4.69, 9.17) is 0 Å². The average Bonchev–Trinajstić information content (AvgIpc) is 3.25. The molecule has 1 N–H and O–H groups in total. The molecule has 29 heavy (non-hydrogen) atoms. The number of nitrogens with one attached hydrogen (secondary N) is 1. The minimum atomic E-state index is -0.0584. The van der Waals surface area contributed by atoms with Crippen molar-refractivity contribution in [1.82, 2.24) is 29.9 Å². The molecule has 0 bridgehead atoms. The van der Waals surface area contributed by atoms with Crippen LogP contribution in [-0.4, -0.2) is 54.7 Å². The highest BCUT2D eigenvalue weighted by molar-refractivity contribution is 5.96. The first-order valence-electron chi connectivity index (χ1n) is 9.34. The number of rotatable bonds is 3. The quantitative estimate of drug-likeness (QED) is 0.574. The van der Waals surface area contributed by atoms with Crippen LogP contribution in [0.4, 0.5) is 11.5 Å². The predicted octanol–water partition coefficient (Wildman–Crippen LogP) is 2.22. The Labute approximate surface area is 165 Å². The molecular weight excluding hydrogens is 370 g/mol. The van der Waals surface area contributed by atoms with Gasteiger partial charge in [-0.15, -0.1) is 5.10 Å². The zero-order valence-corrected chi connectivity index (χ0v) is 15.4. The second-order valence-corrected chi connectivity index (χ2v) is 6.90. The zero-order chi connectivity index (χ0) is 19.8. The summed E-state index contributed by atoms with van der Waals surface area (Å²) in [5.74, 6) is 0.685. The van der Waals surface area contributed by atoms with Gasteiger partial charge in [0.05, 0.1) is 11.0 Å². The molecule has 0 saturated carbocycles. The number of hydrogen-bond donors (Lipinski definition) is 1. The Balaban J connectivity index is 1.40. The third-order valence-electron chi connectivity index (χ3n) is 5.03. The number of likely N-dealkylation sites (tertiary alicyclic amines) is 1. The van der Waals surface area contributed by atoms with E-state index in [9.17, 15) is 9.59 Å². The number of ketones is 1. The van der Waals surface area contributed by atoms with Crippen LogP contribution in [0.15, 0.2) is 48.5 Å². The SMILES string of the molecule is O=C1CCN(C(=O)c2ccc(Nc3nc4ccccc4n4nnnc34)cc2)CC1. The molecule has 0 spiro atoms. The lowest BCUT2D eigenvalue weighted by Gasteiger charge is -2.26. The second kappa shape index (κ2) is 6.93. The predicted molar refractivity (Wildman–Crippen MR) is 106 cm³/mol. The Morgan fingerprint density at radius 3 is 2.55 bits per heavy atom. The van der Waals surface area contributed by atoms with Gasteiger partial charge in [0.15, 0.2) is 5.82 Å². The maximum atomic E-state index is 12.6. The van der Waals surface area contributed by atoms with Crippen LogP contribution >= 0.6 is 0 Å². The Morgan fingerprint density at radius 1 is 1.00 bits per heavy atom. The number of hydrogen-bond acceptors (Lipinski definition) is 7. The van der Waals surface area contributed by atoms with Crippen LogP contribution in [0.2, 0.25) is 0 Å². The number of carbonyl (C=O) groups is 2. The third-order valence-corrected chi connectivity index (χ3v) is 5.03. The lowest BCUT2D eigenvalue weighted by molar-refractivity contribution is -0.120. The summed E-state index contributed by atoms with van der Waals surface area (Å²) in [4.78, 5) is 30.3. The van der Waals surface area contributed by atoms with Crippen molar-refractivity contribution in [2.24, 2.45) is 0 Å². The van der Waals surface area contributed by atoms with E-state index < -0.39 is 0 Å². The number of Topliss-reactive ketones (excluding diaryl/α,β-unsaturated/α-hetero) is 1. The third kappa shape index (κ3) is 3.16. The van der Waals surface area contributed by atoms with Crippen molar-refractivity contribution < 1.29 is 9.59 Å². The number of piperidine rings is 1. The molecule has 1 fully saturated rings. The number of aromatic nitrogens is 5. The summed E-state index contributed by atoms with van der Waals surface area (Å²) in [6.07, 6.45) is 0.864. The lowest BCUT2D eigenvalue weighted by atomic mass is 10.1. The molecule has 1 amide bonds. The molecule has 9 nitrogen and oxygen atoms in total. The minimum Gasteiger partial charge on any atom is -0.338 e. The first-order chi connectivity index (χ1) is 14.2. The van der Waals surface area contributed by atoms with Gasteiger partial charge in [0, 0.05) is 37.2 Å². The van der Waals surface area contributed by atoms with Gasteiger partial charge < -0.3 is 10.2 Å². The van der Waals surface area contributed by atoms with Gasteiger partial charge in [0.2, 0.25) is 5.65 Å². The summed E-state index contributed by atoms with van der Waals surface area (Å²) in [7, 11) is 0. The van der Waals surface area contributed by atoms with Gasteiger partial charge in [-0.2, -0.15) is 4.52 Å². The lowest BCUT2D eigenvalue weighted by Crippen LogP contribution is -2.38. The summed E-state index contributed by atoms with van der Waals surface area (Å²) in [6.45, 7) is 0.965. The van der Waals surface area contributed by atoms with Crippen molar-refractivity contribution in [2.75, 3.05) is 18.4 Å². The standard InChI is InChI=1S/C20H17N7O2/c28-15-9-11-26(12-10-15)20(29)13-5-7-14(8-6-13)21-18-19-23-24-25-27(19)17-4-2-1-3-16(17)22-18/h1-8H,9-12H2,(H,21,22). The highest BCUT2D eigenvalue weighted by Gasteiger charge is 2.21. The largest absolute Gasteiger partial charge is 0.338 e. The van der Waals surface area contributed by atoms with Gasteiger partial charge in [-0.25, -0.2) is 4.98 Å². The van der Waals surface area contributed by atoms with Crippen molar-refractivity contribution in [1.29, 1.82) is 0 Å². The van der Waals surface area contributed by atoms with E-state index in [-0.39, 0.29) is 11.7 Å². The maximum absolute atomic E-state index is 12.6. The topological polar surface area (TPSA) is 105 Å². The molecule has 3 heterocycles. The van der Waals surface area contributed by atoms with E-state index in [1.807, 2.05) is 36.4 Å². The number of fused-ring (bicyclic) bond motifs is 3. The highest BCUT2D eigenvalue weighted by atomic mass is 16.2. The first kappa shape index (κ1) is 17.2. The van der Waals surface area contributed by atoms with Crippen LogP contribution < -0.4 is 5.32 Å². The van der Waals surface area contributed by atoms with E-state index in [2.05, 4.69) is 25.8 Å². The van der Waals surface area contributed by atoms with Crippen molar-refractivity contribution in [3.63, 3.8) is 0 Å². The van der Waals surface area contributed by atoms with E-state index in [1.54, 1.807) is 21.5 Å². The van der Waals surface area contributed by atoms with Gasteiger partial charge in [0.1, 0.15) is 5.78 Å².